The number of anilines is 2. The first-order valence-electron chi connectivity index (χ1n) is 16.1. The highest BCUT2D eigenvalue weighted by Crippen LogP contribution is 2.26. The van der Waals surface area contributed by atoms with Crippen molar-refractivity contribution in [3.63, 3.8) is 0 Å². The van der Waals surface area contributed by atoms with Crippen LogP contribution in [-0.4, -0.2) is 22.6 Å². The molecule has 0 unspecified atom stereocenters. The number of unbranched alkanes of at least 4 members (excludes halogenated alkanes) is 6. The first-order chi connectivity index (χ1) is 21.8. The van der Waals surface area contributed by atoms with Gasteiger partial charge in [0.2, 0.25) is 0 Å². The lowest BCUT2D eigenvalue weighted by molar-refractivity contribution is 0.671. The molecule has 3 aromatic carbocycles. The van der Waals surface area contributed by atoms with Gasteiger partial charge in [-0.05, 0) is 48.0 Å². The molecule has 228 valence electrons. The fourth-order valence-corrected chi connectivity index (χ4v) is 5.01. The summed E-state index contributed by atoms with van der Waals surface area (Å²) in [4.78, 5) is 0. The van der Waals surface area contributed by atoms with E-state index < -0.39 is 0 Å². The third kappa shape index (κ3) is 10.9. The normalized spacial score (nSPS) is 12.4. The van der Waals surface area contributed by atoms with Crippen LogP contribution in [0.25, 0.3) is 22.9 Å². The second-order valence-corrected chi connectivity index (χ2v) is 11.1. The molecule has 0 amide bonds. The van der Waals surface area contributed by atoms with Gasteiger partial charge >= 0.3 is 0 Å². The molecular weight excluding hydrogens is 540 g/mol. The summed E-state index contributed by atoms with van der Waals surface area (Å²) in [5.74, 6) is 1.22. The molecule has 0 aliphatic carbocycles. The molecule has 1 aromatic heterocycles. The Balaban J connectivity index is 1.48. The number of benzene rings is 3. The van der Waals surface area contributed by atoms with Crippen molar-refractivity contribution in [1.29, 1.82) is 0 Å². The minimum atomic E-state index is 0.608. The molecule has 2 N–H and O–H groups in total. The van der Waals surface area contributed by atoms with E-state index in [9.17, 15) is 0 Å². The Bertz CT molecular complexity index is 1410. The van der Waals surface area contributed by atoms with Gasteiger partial charge in [-0.25, -0.2) is 0 Å². The fraction of sp³-hybridized carbons (Fsp3) is 0.316. The molecule has 0 saturated heterocycles. The lowest BCUT2D eigenvalue weighted by Crippen LogP contribution is -2.02. The Morgan fingerprint density at radius 3 is 1.36 bits per heavy atom. The number of rotatable bonds is 18. The molecule has 6 heteroatoms. The van der Waals surface area contributed by atoms with E-state index >= 15 is 0 Å². The lowest BCUT2D eigenvalue weighted by Gasteiger charge is -2.09. The molecule has 4 rings (SSSR count). The molecule has 0 spiro atoms. The highest BCUT2D eigenvalue weighted by atomic mass is 15.4. The molecule has 0 aliphatic rings. The van der Waals surface area contributed by atoms with Gasteiger partial charge in [-0.15, -0.1) is 10.2 Å². The summed E-state index contributed by atoms with van der Waals surface area (Å²) in [6, 6.07) is 28.8. The molecule has 4 aromatic rings. The van der Waals surface area contributed by atoms with Gasteiger partial charge < -0.3 is 0 Å². The van der Waals surface area contributed by atoms with Crippen molar-refractivity contribution >= 4 is 47.0 Å². The predicted octanol–water partition coefficient (Wildman–Crippen LogP) is 10.5. The third-order valence-electron chi connectivity index (χ3n) is 7.43. The zero-order valence-corrected chi connectivity index (χ0v) is 26.3. The average molecular weight is 587 g/mol. The number of nitrogens with zero attached hydrogens (tertiary/aromatic N) is 4. The van der Waals surface area contributed by atoms with Crippen LogP contribution in [0.5, 0.6) is 0 Å². The van der Waals surface area contributed by atoms with Gasteiger partial charge in [-0.3, -0.25) is 10.9 Å². The van der Waals surface area contributed by atoms with E-state index in [1.54, 1.807) is 0 Å². The molecule has 6 nitrogen and oxygen atoms in total. The summed E-state index contributed by atoms with van der Waals surface area (Å²) in [5, 5.41) is 19.9. The van der Waals surface area contributed by atoms with E-state index in [4.69, 9.17) is 0 Å². The summed E-state index contributed by atoms with van der Waals surface area (Å²) in [6.45, 7) is 4.47. The van der Waals surface area contributed by atoms with Gasteiger partial charge in [-0.1, -0.05) is 149 Å². The monoisotopic (exact) mass is 586 g/mol. The van der Waals surface area contributed by atoms with Crippen LogP contribution < -0.4 is 10.9 Å². The lowest BCUT2D eigenvalue weighted by atomic mass is 10.0. The van der Waals surface area contributed by atoms with Crippen LogP contribution in [0.4, 0.5) is 11.6 Å². The van der Waals surface area contributed by atoms with E-state index in [0.717, 1.165) is 36.5 Å². The maximum atomic E-state index is 4.58. The van der Waals surface area contributed by atoms with E-state index in [1.807, 2.05) is 48.8 Å². The van der Waals surface area contributed by atoms with Crippen molar-refractivity contribution in [1.82, 2.24) is 10.2 Å². The van der Waals surface area contributed by atoms with Crippen molar-refractivity contribution in [3.05, 3.63) is 107 Å². The van der Waals surface area contributed by atoms with Gasteiger partial charge in [0.25, 0.3) is 0 Å². The highest BCUT2D eigenvalue weighted by Gasteiger charge is 2.08. The van der Waals surface area contributed by atoms with Gasteiger partial charge in [0.05, 0.1) is 12.4 Å². The van der Waals surface area contributed by atoms with E-state index in [1.165, 1.54) is 60.8 Å². The molecular formula is C38H46N6. The number of aromatic nitrogens is 2. The summed E-state index contributed by atoms with van der Waals surface area (Å²) < 4.78 is 0. The SMILES string of the molecule is CCCCCCC(/C=N\Nc1nnc(N/N=C\C(=C\c2ccccc2)CCCCCC)c2ccccc12)=C/c1ccccc1. The third-order valence-corrected chi connectivity index (χ3v) is 7.43. The van der Waals surface area contributed by atoms with Crippen LogP contribution in [0.1, 0.15) is 89.2 Å². The number of nitrogens with one attached hydrogen (secondary N) is 2. The first kappa shape index (κ1) is 32.3. The Morgan fingerprint density at radius 2 is 0.955 bits per heavy atom. The average Bonchev–Trinajstić information content (AvgIpc) is 3.06. The van der Waals surface area contributed by atoms with Crippen molar-refractivity contribution in [2.75, 3.05) is 10.9 Å². The molecule has 0 bridgehead atoms. The van der Waals surface area contributed by atoms with E-state index in [-0.39, 0.29) is 0 Å². The summed E-state index contributed by atoms with van der Waals surface area (Å²) in [6.07, 6.45) is 19.9. The summed E-state index contributed by atoms with van der Waals surface area (Å²) >= 11 is 0. The number of allylic oxidation sites excluding steroid dienone is 2. The molecule has 0 aliphatic heterocycles. The standard InChI is InChI=1S/C38H46N6/c1-3-5-7-11-23-33(27-31-19-13-9-14-20-31)29-39-41-37-35-25-17-18-26-36(35)38(44-43-37)42-40-30-34(24-12-8-6-4-2)28-32-21-15-10-16-22-32/h9-10,13-22,25-30H,3-8,11-12,23-24H2,1-2H3,(H,41,43)(H,42,44)/b33-27-,34-28+,39-29-,40-30-. The molecule has 1 heterocycles. The number of hydrazone groups is 2. The second-order valence-electron chi connectivity index (χ2n) is 11.1. The minimum absolute atomic E-state index is 0.608. The van der Waals surface area contributed by atoms with Gasteiger partial charge in [0, 0.05) is 10.8 Å². The predicted molar refractivity (Wildman–Crippen MR) is 190 cm³/mol. The van der Waals surface area contributed by atoms with Gasteiger partial charge in [-0.2, -0.15) is 10.2 Å². The highest BCUT2D eigenvalue weighted by molar-refractivity contribution is 5.99. The van der Waals surface area contributed by atoms with Crippen molar-refractivity contribution in [2.24, 2.45) is 10.2 Å². The smallest absolute Gasteiger partial charge is 0.176 e. The maximum Gasteiger partial charge on any atom is 0.176 e. The molecule has 0 atom stereocenters. The van der Waals surface area contributed by atoms with Crippen LogP contribution in [0.15, 0.2) is 106 Å². The number of hydrogen-bond donors (Lipinski definition) is 2. The topological polar surface area (TPSA) is 74.6 Å². The molecule has 0 radical (unpaired) electrons. The number of fused-ring (bicyclic) bond motifs is 1. The van der Waals surface area contributed by atoms with Gasteiger partial charge in [0.15, 0.2) is 11.6 Å². The van der Waals surface area contributed by atoms with E-state index in [2.05, 4.69) is 106 Å². The largest absolute Gasteiger partial charge is 0.259 e. The number of hydrogen-bond acceptors (Lipinski definition) is 6. The van der Waals surface area contributed by atoms with Crippen LogP contribution in [0.3, 0.4) is 0 Å². The first-order valence-corrected chi connectivity index (χ1v) is 16.1. The Kier molecular flexibility index (Phi) is 13.9. The van der Waals surface area contributed by atoms with Gasteiger partial charge in [0.1, 0.15) is 0 Å². The second kappa shape index (κ2) is 18.9. The van der Waals surface area contributed by atoms with Crippen LogP contribution >= 0.6 is 0 Å². The van der Waals surface area contributed by atoms with Crippen LogP contribution in [-0.2, 0) is 0 Å². The summed E-state index contributed by atoms with van der Waals surface area (Å²) in [5.41, 5.74) is 11.0. The molecule has 0 saturated carbocycles. The summed E-state index contributed by atoms with van der Waals surface area (Å²) in [7, 11) is 0. The Morgan fingerprint density at radius 1 is 0.545 bits per heavy atom. The van der Waals surface area contributed by atoms with E-state index in [0.29, 0.717) is 11.6 Å². The Hall–Kier alpha value is -4.58. The van der Waals surface area contributed by atoms with Crippen molar-refractivity contribution in [2.45, 2.75) is 78.1 Å². The fourth-order valence-electron chi connectivity index (χ4n) is 5.01. The van der Waals surface area contributed by atoms with Crippen LogP contribution in [0, 0.1) is 0 Å². The molecule has 44 heavy (non-hydrogen) atoms. The maximum absolute atomic E-state index is 4.58. The van der Waals surface area contributed by atoms with Crippen molar-refractivity contribution in [3.8, 4) is 0 Å². The van der Waals surface area contributed by atoms with Crippen LogP contribution in [0.2, 0.25) is 0 Å². The Labute approximate surface area is 263 Å². The zero-order valence-electron chi connectivity index (χ0n) is 26.3. The zero-order chi connectivity index (χ0) is 30.7. The molecule has 0 fully saturated rings. The van der Waals surface area contributed by atoms with Crippen molar-refractivity contribution < 1.29 is 0 Å². The minimum Gasteiger partial charge on any atom is -0.259 e. The quantitative estimate of drug-likeness (QED) is 0.0691.